The first-order valence-corrected chi connectivity index (χ1v) is 10.8. The lowest BCUT2D eigenvalue weighted by molar-refractivity contribution is -0.113. The number of hydrogen-bond acceptors (Lipinski definition) is 5. The zero-order valence-electron chi connectivity index (χ0n) is 14.4. The molecule has 0 unspecified atom stereocenters. The molecule has 0 aliphatic carbocycles. The molecule has 1 amide bonds. The Morgan fingerprint density at radius 1 is 1.07 bits per heavy atom. The lowest BCUT2D eigenvalue weighted by Gasteiger charge is -2.07. The minimum atomic E-state index is -0.181. The third-order valence-electron chi connectivity index (χ3n) is 3.89. The zero-order valence-corrected chi connectivity index (χ0v) is 17.5. The van der Waals surface area contributed by atoms with Crippen LogP contribution >= 0.6 is 46.3 Å². The predicted octanol–water partition coefficient (Wildman–Crippen LogP) is 6.40. The number of thioether (sulfide) groups is 1. The molecule has 0 fully saturated rings. The van der Waals surface area contributed by atoms with Crippen LogP contribution in [0.2, 0.25) is 10.0 Å². The minimum absolute atomic E-state index is 0.181. The first-order valence-electron chi connectivity index (χ1n) is 8.28. The van der Waals surface area contributed by atoms with Gasteiger partial charge < -0.3 is 5.32 Å². The number of nitrogens with one attached hydrogen (secondary N) is 1. The van der Waals surface area contributed by atoms with Gasteiger partial charge in [0.05, 0.1) is 16.5 Å². The second kappa shape index (κ2) is 8.49. The Balaban J connectivity index is 1.51. The average molecular weight is 446 g/mol. The number of halogens is 2. The second-order valence-electron chi connectivity index (χ2n) is 5.84. The summed E-state index contributed by atoms with van der Waals surface area (Å²) in [5.41, 5.74) is 1.63. The highest BCUT2D eigenvalue weighted by Gasteiger charge is 2.13. The predicted molar refractivity (Wildman–Crippen MR) is 119 cm³/mol. The number of aromatic nitrogens is 2. The SMILES string of the molecule is O=C(CSc1ncnc2sc(-c3ccccc3)cc12)Nc1cc(Cl)ccc1Cl. The van der Waals surface area contributed by atoms with Gasteiger partial charge in [-0.2, -0.15) is 0 Å². The third-order valence-corrected chi connectivity index (χ3v) is 6.56. The molecule has 4 nitrogen and oxygen atoms in total. The highest BCUT2D eigenvalue weighted by atomic mass is 35.5. The first kappa shape index (κ1) is 19.2. The van der Waals surface area contributed by atoms with Crippen LogP contribution in [-0.4, -0.2) is 21.6 Å². The van der Waals surface area contributed by atoms with Crippen molar-refractivity contribution < 1.29 is 4.79 Å². The van der Waals surface area contributed by atoms with Gasteiger partial charge in [0.15, 0.2) is 0 Å². The van der Waals surface area contributed by atoms with Crippen molar-refractivity contribution in [3.8, 4) is 10.4 Å². The van der Waals surface area contributed by atoms with Crippen LogP contribution in [0.1, 0.15) is 0 Å². The van der Waals surface area contributed by atoms with E-state index < -0.39 is 0 Å². The summed E-state index contributed by atoms with van der Waals surface area (Å²) in [6.45, 7) is 0. The molecule has 4 rings (SSSR count). The molecule has 2 aromatic carbocycles. The summed E-state index contributed by atoms with van der Waals surface area (Å²) in [7, 11) is 0. The monoisotopic (exact) mass is 445 g/mol. The summed E-state index contributed by atoms with van der Waals surface area (Å²) in [6, 6.07) is 17.1. The van der Waals surface area contributed by atoms with E-state index in [0.717, 1.165) is 25.7 Å². The summed E-state index contributed by atoms with van der Waals surface area (Å²) in [4.78, 5) is 23.1. The van der Waals surface area contributed by atoms with Crippen molar-refractivity contribution in [1.82, 2.24) is 9.97 Å². The fourth-order valence-corrected chi connectivity index (χ4v) is 4.79. The Morgan fingerprint density at radius 3 is 2.71 bits per heavy atom. The Morgan fingerprint density at radius 2 is 1.89 bits per heavy atom. The number of thiophene rings is 1. The van der Waals surface area contributed by atoms with E-state index in [4.69, 9.17) is 23.2 Å². The number of anilines is 1. The van der Waals surface area contributed by atoms with Gasteiger partial charge in [0.25, 0.3) is 0 Å². The molecule has 28 heavy (non-hydrogen) atoms. The van der Waals surface area contributed by atoms with Gasteiger partial charge in [-0.3, -0.25) is 4.79 Å². The van der Waals surface area contributed by atoms with Gasteiger partial charge in [-0.1, -0.05) is 65.3 Å². The molecule has 0 bridgehead atoms. The van der Waals surface area contributed by atoms with E-state index in [-0.39, 0.29) is 11.7 Å². The standard InChI is InChI=1S/C20H13Cl2N3OS2/c21-13-6-7-15(22)16(8-13)25-18(26)10-27-19-14-9-17(12-4-2-1-3-5-12)28-20(14)24-11-23-19/h1-9,11H,10H2,(H,25,26). The number of nitrogens with zero attached hydrogens (tertiary/aromatic N) is 2. The molecule has 2 heterocycles. The van der Waals surface area contributed by atoms with Gasteiger partial charge in [-0.05, 0) is 29.8 Å². The lowest BCUT2D eigenvalue weighted by Crippen LogP contribution is -2.14. The van der Waals surface area contributed by atoms with E-state index >= 15 is 0 Å². The van der Waals surface area contributed by atoms with Gasteiger partial charge in [0.2, 0.25) is 5.91 Å². The zero-order chi connectivity index (χ0) is 19.5. The maximum Gasteiger partial charge on any atom is 0.234 e. The number of hydrogen-bond donors (Lipinski definition) is 1. The van der Waals surface area contributed by atoms with Crippen molar-refractivity contribution in [2.75, 3.05) is 11.1 Å². The van der Waals surface area contributed by atoms with Crippen LogP contribution in [-0.2, 0) is 4.79 Å². The first-order chi connectivity index (χ1) is 13.6. The van der Waals surface area contributed by atoms with Gasteiger partial charge in [-0.15, -0.1) is 11.3 Å². The molecule has 0 spiro atoms. The number of benzene rings is 2. The molecule has 1 N–H and O–H groups in total. The van der Waals surface area contributed by atoms with E-state index in [1.165, 1.54) is 18.1 Å². The molecular weight excluding hydrogens is 433 g/mol. The number of fused-ring (bicyclic) bond motifs is 1. The van der Waals surface area contributed by atoms with Gasteiger partial charge >= 0.3 is 0 Å². The Labute approximate surface area is 179 Å². The second-order valence-corrected chi connectivity index (χ2v) is 8.67. The van der Waals surface area contributed by atoms with E-state index in [0.29, 0.717) is 15.7 Å². The fourth-order valence-electron chi connectivity index (χ4n) is 2.61. The number of carbonyl (C=O) groups excluding carboxylic acids is 1. The quantitative estimate of drug-likeness (QED) is 0.285. The van der Waals surface area contributed by atoms with E-state index in [9.17, 15) is 4.79 Å². The number of amides is 1. The largest absolute Gasteiger partial charge is 0.324 e. The number of rotatable bonds is 5. The van der Waals surface area contributed by atoms with Gasteiger partial charge in [0.1, 0.15) is 16.2 Å². The highest BCUT2D eigenvalue weighted by molar-refractivity contribution is 8.00. The molecular formula is C20H13Cl2N3OS2. The van der Waals surface area contributed by atoms with Crippen LogP contribution in [0, 0.1) is 0 Å². The molecule has 0 aliphatic rings. The third kappa shape index (κ3) is 4.31. The smallest absolute Gasteiger partial charge is 0.234 e. The van der Waals surface area contributed by atoms with Crippen molar-refractivity contribution in [2.45, 2.75) is 5.03 Å². The molecule has 2 aromatic heterocycles. The molecule has 8 heteroatoms. The topological polar surface area (TPSA) is 54.9 Å². The van der Waals surface area contributed by atoms with Crippen molar-refractivity contribution in [3.05, 3.63) is 71.0 Å². The van der Waals surface area contributed by atoms with Crippen molar-refractivity contribution >= 4 is 68.1 Å². The van der Waals surface area contributed by atoms with Crippen LogP contribution in [0.5, 0.6) is 0 Å². The Hall–Kier alpha value is -2.12. The van der Waals surface area contributed by atoms with E-state index in [1.54, 1.807) is 29.5 Å². The molecule has 4 aromatic rings. The average Bonchev–Trinajstić information content (AvgIpc) is 3.15. The van der Waals surface area contributed by atoms with E-state index in [1.807, 2.05) is 18.2 Å². The molecule has 0 aliphatic heterocycles. The highest BCUT2D eigenvalue weighted by Crippen LogP contribution is 2.36. The fraction of sp³-hybridized carbons (Fsp3) is 0.0500. The van der Waals surface area contributed by atoms with E-state index in [2.05, 4.69) is 33.5 Å². The number of carbonyl (C=O) groups is 1. The molecule has 0 saturated carbocycles. The summed E-state index contributed by atoms with van der Waals surface area (Å²) < 4.78 is 0. The van der Waals surface area contributed by atoms with Crippen LogP contribution in [0.4, 0.5) is 5.69 Å². The van der Waals surface area contributed by atoms with Crippen molar-refractivity contribution in [2.24, 2.45) is 0 Å². The summed E-state index contributed by atoms with van der Waals surface area (Å²) in [6.07, 6.45) is 1.53. The summed E-state index contributed by atoms with van der Waals surface area (Å²) >= 11 is 15.0. The van der Waals surface area contributed by atoms with Crippen molar-refractivity contribution in [1.29, 1.82) is 0 Å². The minimum Gasteiger partial charge on any atom is -0.324 e. The van der Waals surface area contributed by atoms with Crippen molar-refractivity contribution in [3.63, 3.8) is 0 Å². The Kier molecular flexibility index (Phi) is 5.82. The summed E-state index contributed by atoms with van der Waals surface area (Å²) in [5, 5.41) is 5.46. The van der Waals surface area contributed by atoms with Crippen LogP contribution < -0.4 is 5.32 Å². The van der Waals surface area contributed by atoms with Crippen LogP contribution in [0.15, 0.2) is 66.0 Å². The van der Waals surface area contributed by atoms with Gasteiger partial charge in [-0.25, -0.2) is 9.97 Å². The molecule has 140 valence electrons. The van der Waals surface area contributed by atoms with Crippen LogP contribution in [0.25, 0.3) is 20.7 Å². The van der Waals surface area contributed by atoms with Gasteiger partial charge in [0, 0.05) is 15.3 Å². The normalized spacial score (nSPS) is 10.9. The maximum atomic E-state index is 12.3. The molecule has 0 atom stereocenters. The molecule has 0 saturated heterocycles. The molecule has 0 radical (unpaired) electrons. The lowest BCUT2D eigenvalue weighted by atomic mass is 10.2. The van der Waals surface area contributed by atoms with Crippen LogP contribution in [0.3, 0.4) is 0 Å². The Bertz CT molecular complexity index is 1150. The maximum absolute atomic E-state index is 12.3. The summed E-state index contributed by atoms with van der Waals surface area (Å²) in [5.74, 6) is 0.0188.